The normalized spacial score (nSPS) is 28.8. The molecular formula is C10H20FN. The number of rotatable bonds is 3. The third-order valence-electron chi connectivity index (χ3n) is 2.99. The van der Waals surface area contributed by atoms with Crippen LogP contribution < -0.4 is 5.32 Å². The Morgan fingerprint density at radius 3 is 2.75 bits per heavy atom. The van der Waals surface area contributed by atoms with Crippen molar-refractivity contribution in [1.82, 2.24) is 5.32 Å². The Bertz CT molecular complexity index is 134. The van der Waals surface area contributed by atoms with Crippen LogP contribution in [0, 0.1) is 5.41 Å². The van der Waals surface area contributed by atoms with Crippen LogP contribution in [0.25, 0.3) is 0 Å². The second-order valence-corrected chi connectivity index (χ2v) is 4.43. The van der Waals surface area contributed by atoms with E-state index in [1.807, 2.05) is 0 Å². The number of nitrogens with one attached hydrogen (secondary N) is 1. The van der Waals surface area contributed by atoms with Crippen LogP contribution in [0.3, 0.4) is 0 Å². The smallest absolute Gasteiger partial charge is 0.102 e. The molecule has 0 heterocycles. The zero-order valence-corrected chi connectivity index (χ0v) is 8.20. The molecule has 1 rings (SSSR count). The maximum Gasteiger partial charge on any atom is 0.102 e. The SMILES string of the molecule is CC1(C)CCCCC1NCCF. The van der Waals surface area contributed by atoms with Crippen molar-refractivity contribution in [1.29, 1.82) is 0 Å². The van der Waals surface area contributed by atoms with Gasteiger partial charge < -0.3 is 5.32 Å². The van der Waals surface area contributed by atoms with E-state index in [9.17, 15) is 4.39 Å². The van der Waals surface area contributed by atoms with Crippen molar-refractivity contribution in [3.8, 4) is 0 Å². The lowest BCUT2D eigenvalue weighted by molar-refractivity contribution is 0.166. The van der Waals surface area contributed by atoms with Crippen LogP contribution >= 0.6 is 0 Å². The highest BCUT2D eigenvalue weighted by atomic mass is 19.1. The van der Waals surface area contributed by atoms with Gasteiger partial charge in [-0.2, -0.15) is 0 Å². The van der Waals surface area contributed by atoms with Gasteiger partial charge in [-0.15, -0.1) is 0 Å². The summed E-state index contributed by atoms with van der Waals surface area (Å²) in [5, 5.41) is 3.29. The molecule has 0 amide bonds. The zero-order valence-electron chi connectivity index (χ0n) is 8.20. The second-order valence-electron chi connectivity index (χ2n) is 4.43. The van der Waals surface area contributed by atoms with E-state index in [4.69, 9.17) is 0 Å². The van der Waals surface area contributed by atoms with Gasteiger partial charge in [0.25, 0.3) is 0 Å². The molecule has 0 aromatic rings. The molecule has 1 aliphatic rings. The largest absolute Gasteiger partial charge is 0.311 e. The van der Waals surface area contributed by atoms with Crippen molar-refractivity contribution in [3.63, 3.8) is 0 Å². The average molecular weight is 173 g/mol. The van der Waals surface area contributed by atoms with Gasteiger partial charge in [0.05, 0.1) is 0 Å². The fourth-order valence-corrected chi connectivity index (χ4v) is 2.10. The predicted octanol–water partition coefficient (Wildman–Crippen LogP) is 2.51. The molecule has 0 aromatic heterocycles. The summed E-state index contributed by atoms with van der Waals surface area (Å²) in [4.78, 5) is 0. The third-order valence-corrected chi connectivity index (χ3v) is 2.99. The Hall–Kier alpha value is -0.110. The lowest BCUT2D eigenvalue weighted by Gasteiger charge is -2.39. The summed E-state index contributed by atoms with van der Waals surface area (Å²) in [5.41, 5.74) is 0.368. The molecule has 0 saturated heterocycles. The first-order valence-electron chi connectivity index (χ1n) is 4.96. The molecule has 1 saturated carbocycles. The molecule has 72 valence electrons. The molecule has 0 spiro atoms. The van der Waals surface area contributed by atoms with E-state index < -0.39 is 0 Å². The van der Waals surface area contributed by atoms with E-state index in [0.717, 1.165) is 0 Å². The second kappa shape index (κ2) is 4.22. The minimum atomic E-state index is -0.243. The van der Waals surface area contributed by atoms with Crippen LogP contribution in [0.5, 0.6) is 0 Å². The van der Waals surface area contributed by atoms with Crippen molar-refractivity contribution in [2.75, 3.05) is 13.2 Å². The maximum atomic E-state index is 11.9. The van der Waals surface area contributed by atoms with Gasteiger partial charge in [0.2, 0.25) is 0 Å². The summed E-state index contributed by atoms with van der Waals surface area (Å²) >= 11 is 0. The summed E-state index contributed by atoms with van der Waals surface area (Å²) in [5.74, 6) is 0. The first-order chi connectivity index (χ1) is 5.67. The summed E-state index contributed by atoms with van der Waals surface area (Å²) in [6, 6.07) is 0.530. The lowest BCUT2D eigenvalue weighted by Crippen LogP contribution is -2.44. The van der Waals surface area contributed by atoms with Gasteiger partial charge in [0, 0.05) is 12.6 Å². The zero-order chi connectivity index (χ0) is 9.03. The molecule has 0 radical (unpaired) electrons. The van der Waals surface area contributed by atoms with E-state index in [-0.39, 0.29) is 6.67 Å². The summed E-state index contributed by atoms with van der Waals surface area (Å²) in [7, 11) is 0. The number of alkyl halides is 1. The highest BCUT2D eigenvalue weighted by Crippen LogP contribution is 2.35. The third kappa shape index (κ3) is 2.44. The first-order valence-corrected chi connectivity index (χ1v) is 4.96. The van der Waals surface area contributed by atoms with Gasteiger partial charge in [-0.05, 0) is 18.3 Å². The Balaban J connectivity index is 2.37. The Morgan fingerprint density at radius 2 is 2.17 bits per heavy atom. The number of hydrogen-bond acceptors (Lipinski definition) is 1. The first kappa shape index (κ1) is 9.97. The molecule has 1 aliphatic carbocycles. The van der Waals surface area contributed by atoms with E-state index in [1.165, 1.54) is 25.7 Å². The lowest BCUT2D eigenvalue weighted by atomic mass is 9.73. The fourth-order valence-electron chi connectivity index (χ4n) is 2.10. The molecule has 1 fully saturated rings. The monoisotopic (exact) mass is 173 g/mol. The van der Waals surface area contributed by atoms with Gasteiger partial charge in [-0.25, -0.2) is 4.39 Å². The van der Waals surface area contributed by atoms with Gasteiger partial charge in [0.15, 0.2) is 0 Å². The standard InChI is InChI=1S/C10H20FN/c1-10(2)6-4-3-5-9(10)12-8-7-11/h9,12H,3-8H2,1-2H3. The molecule has 1 nitrogen and oxygen atoms in total. The van der Waals surface area contributed by atoms with E-state index in [1.54, 1.807) is 0 Å². The molecule has 0 bridgehead atoms. The molecule has 2 heteroatoms. The van der Waals surface area contributed by atoms with Gasteiger partial charge in [-0.1, -0.05) is 26.7 Å². The quantitative estimate of drug-likeness (QED) is 0.691. The highest BCUT2D eigenvalue weighted by molar-refractivity contribution is 4.87. The van der Waals surface area contributed by atoms with Crippen LogP contribution in [0.4, 0.5) is 4.39 Å². The van der Waals surface area contributed by atoms with Gasteiger partial charge in [-0.3, -0.25) is 0 Å². The molecule has 0 aliphatic heterocycles. The number of hydrogen-bond donors (Lipinski definition) is 1. The Labute approximate surface area is 74.7 Å². The topological polar surface area (TPSA) is 12.0 Å². The van der Waals surface area contributed by atoms with Crippen molar-refractivity contribution in [2.45, 2.75) is 45.6 Å². The summed E-state index contributed by atoms with van der Waals surface area (Å²) < 4.78 is 11.9. The molecule has 1 atom stereocenters. The number of halogens is 1. The van der Waals surface area contributed by atoms with Crippen LogP contribution in [0.2, 0.25) is 0 Å². The van der Waals surface area contributed by atoms with E-state index >= 15 is 0 Å². The highest BCUT2D eigenvalue weighted by Gasteiger charge is 2.31. The summed E-state index contributed by atoms with van der Waals surface area (Å²) in [6.45, 7) is 4.84. The summed E-state index contributed by atoms with van der Waals surface area (Å²) in [6.07, 6.45) is 5.12. The van der Waals surface area contributed by atoms with Crippen molar-refractivity contribution < 1.29 is 4.39 Å². The van der Waals surface area contributed by atoms with E-state index in [0.29, 0.717) is 18.0 Å². The minimum Gasteiger partial charge on any atom is -0.311 e. The van der Waals surface area contributed by atoms with Crippen molar-refractivity contribution in [3.05, 3.63) is 0 Å². The molecule has 1 unspecified atom stereocenters. The average Bonchev–Trinajstić information content (AvgIpc) is 2.02. The predicted molar refractivity (Wildman–Crippen MR) is 50.0 cm³/mol. The van der Waals surface area contributed by atoms with Crippen LogP contribution in [-0.2, 0) is 0 Å². The van der Waals surface area contributed by atoms with Crippen molar-refractivity contribution >= 4 is 0 Å². The Morgan fingerprint density at radius 1 is 1.42 bits per heavy atom. The maximum absolute atomic E-state index is 11.9. The van der Waals surface area contributed by atoms with Crippen LogP contribution in [-0.4, -0.2) is 19.3 Å². The molecule has 1 N–H and O–H groups in total. The van der Waals surface area contributed by atoms with Crippen molar-refractivity contribution in [2.24, 2.45) is 5.41 Å². The fraction of sp³-hybridized carbons (Fsp3) is 1.00. The van der Waals surface area contributed by atoms with E-state index in [2.05, 4.69) is 19.2 Å². The van der Waals surface area contributed by atoms with Gasteiger partial charge >= 0.3 is 0 Å². The van der Waals surface area contributed by atoms with Crippen LogP contribution in [0.15, 0.2) is 0 Å². The molecular weight excluding hydrogens is 153 g/mol. The van der Waals surface area contributed by atoms with Crippen LogP contribution in [0.1, 0.15) is 39.5 Å². The molecule has 0 aromatic carbocycles. The Kier molecular flexibility index (Phi) is 3.51. The minimum absolute atomic E-state index is 0.243. The molecule has 12 heavy (non-hydrogen) atoms. The van der Waals surface area contributed by atoms with Gasteiger partial charge in [0.1, 0.15) is 6.67 Å².